The summed E-state index contributed by atoms with van der Waals surface area (Å²) in [7, 11) is 1.70. The monoisotopic (exact) mass is 304 g/mol. The largest absolute Gasteiger partial charge is 0.497 e. The third kappa shape index (κ3) is 6.01. The standard InChI is InChI=1S/C19H28OS/c1-6-8-9-10-16(4)19(15(3)7-2)21-18-13-11-17(20-5)12-14-18/h7,11-14,16H,2,6,8-10H2,1,3-5H3/b19-15+. The van der Waals surface area contributed by atoms with Gasteiger partial charge >= 0.3 is 0 Å². The van der Waals surface area contributed by atoms with Gasteiger partial charge in [0.2, 0.25) is 0 Å². The van der Waals surface area contributed by atoms with Gasteiger partial charge in [0, 0.05) is 4.90 Å². The van der Waals surface area contributed by atoms with Crippen LogP contribution in [0, 0.1) is 5.92 Å². The van der Waals surface area contributed by atoms with Crippen LogP contribution >= 0.6 is 11.8 Å². The number of rotatable bonds is 9. The molecule has 0 aromatic heterocycles. The predicted molar refractivity (Wildman–Crippen MR) is 95.1 cm³/mol. The maximum Gasteiger partial charge on any atom is 0.118 e. The average molecular weight is 304 g/mol. The Hall–Kier alpha value is -1.15. The van der Waals surface area contributed by atoms with Crippen LogP contribution in [0.1, 0.15) is 46.5 Å². The predicted octanol–water partition coefficient (Wildman–Crippen LogP) is 6.46. The van der Waals surface area contributed by atoms with Gasteiger partial charge in [-0.05, 0) is 54.0 Å². The van der Waals surface area contributed by atoms with Crippen molar-refractivity contribution in [1.82, 2.24) is 0 Å². The molecule has 0 saturated heterocycles. The number of hydrogen-bond donors (Lipinski definition) is 0. The van der Waals surface area contributed by atoms with Crippen LogP contribution in [-0.2, 0) is 0 Å². The Morgan fingerprint density at radius 3 is 2.48 bits per heavy atom. The molecule has 2 heteroatoms. The van der Waals surface area contributed by atoms with E-state index in [-0.39, 0.29) is 0 Å². The van der Waals surface area contributed by atoms with Gasteiger partial charge in [0.25, 0.3) is 0 Å². The molecule has 1 nitrogen and oxygen atoms in total. The van der Waals surface area contributed by atoms with Gasteiger partial charge in [0.15, 0.2) is 0 Å². The van der Waals surface area contributed by atoms with Crippen molar-refractivity contribution in [3.8, 4) is 5.75 Å². The summed E-state index contributed by atoms with van der Waals surface area (Å²) >= 11 is 1.86. The Morgan fingerprint density at radius 1 is 1.29 bits per heavy atom. The molecule has 116 valence electrons. The van der Waals surface area contributed by atoms with E-state index in [0.717, 1.165) is 5.75 Å². The molecule has 0 radical (unpaired) electrons. The third-order valence-electron chi connectivity index (χ3n) is 3.67. The molecule has 0 amide bonds. The van der Waals surface area contributed by atoms with E-state index in [9.17, 15) is 0 Å². The third-order valence-corrected chi connectivity index (χ3v) is 5.12. The van der Waals surface area contributed by atoms with Crippen LogP contribution in [0.4, 0.5) is 0 Å². The lowest BCUT2D eigenvalue weighted by Gasteiger charge is -2.18. The first kappa shape index (κ1) is 17.9. The van der Waals surface area contributed by atoms with E-state index < -0.39 is 0 Å². The molecule has 1 aromatic rings. The van der Waals surface area contributed by atoms with E-state index in [0.29, 0.717) is 5.92 Å². The van der Waals surface area contributed by atoms with Gasteiger partial charge < -0.3 is 4.74 Å². The number of benzene rings is 1. The quantitative estimate of drug-likeness (QED) is 0.294. The fourth-order valence-electron chi connectivity index (χ4n) is 2.27. The fourth-order valence-corrected chi connectivity index (χ4v) is 3.36. The van der Waals surface area contributed by atoms with Crippen molar-refractivity contribution in [3.63, 3.8) is 0 Å². The van der Waals surface area contributed by atoms with Crippen LogP contribution in [0.3, 0.4) is 0 Å². The second-order valence-corrected chi connectivity index (χ2v) is 6.54. The van der Waals surface area contributed by atoms with Gasteiger partial charge in [-0.1, -0.05) is 57.5 Å². The highest BCUT2D eigenvalue weighted by molar-refractivity contribution is 8.03. The Kier molecular flexibility index (Phi) is 8.29. The molecule has 0 aliphatic rings. The minimum atomic E-state index is 0.585. The molecule has 0 aliphatic carbocycles. The number of allylic oxidation sites excluding steroid dienone is 3. The molecular formula is C19H28OS. The van der Waals surface area contributed by atoms with Crippen molar-refractivity contribution in [1.29, 1.82) is 0 Å². The highest BCUT2D eigenvalue weighted by Crippen LogP contribution is 2.37. The van der Waals surface area contributed by atoms with Crippen LogP contribution < -0.4 is 4.74 Å². The van der Waals surface area contributed by atoms with E-state index in [1.165, 1.54) is 41.1 Å². The van der Waals surface area contributed by atoms with Crippen LogP contribution in [0.25, 0.3) is 0 Å². The molecule has 0 saturated carbocycles. The number of thioether (sulfide) groups is 1. The summed E-state index contributed by atoms with van der Waals surface area (Å²) in [5.41, 5.74) is 1.29. The van der Waals surface area contributed by atoms with Crippen molar-refractivity contribution in [2.45, 2.75) is 51.3 Å². The normalized spacial score (nSPS) is 13.5. The lowest BCUT2D eigenvalue weighted by atomic mass is 10.0. The van der Waals surface area contributed by atoms with Gasteiger partial charge in [-0.25, -0.2) is 0 Å². The van der Waals surface area contributed by atoms with Crippen LogP contribution in [0.2, 0.25) is 0 Å². The fraction of sp³-hybridized carbons (Fsp3) is 0.474. The zero-order chi connectivity index (χ0) is 15.7. The van der Waals surface area contributed by atoms with E-state index >= 15 is 0 Å². The van der Waals surface area contributed by atoms with E-state index in [2.05, 4.69) is 39.5 Å². The first-order chi connectivity index (χ1) is 10.1. The Labute approximate surface area is 134 Å². The summed E-state index contributed by atoms with van der Waals surface area (Å²) < 4.78 is 5.22. The number of methoxy groups -OCH3 is 1. The van der Waals surface area contributed by atoms with Crippen molar-refractivity contribution in [3.05, 3.63) is 47.4 Å². The Morgan fingerprint density at radius 2 is 1.95 bits per heavy atom. The van der Waals surface area contributed by atoms with Crippen LogP contribution in [-0.4, -0.2) is 7.11 Å². The topological polar surface area (TPSA) is 9.23 Å². The summed E-state index contributed by atoms with van der Waals surface area (Å²) in [5, 5.41) is 0. The van der Waals surface area contributed by atoms with Crippen LogP contribution in [0.15, 0.2) is 52.3 Å². The number of ether oxygens (including phenoxy) is 1. The van der Waals surface area contributed by atoms with Crippen molar-refractivity contribution < 1.29 is 4.74 Å². The maximum absolute atomic E-state index is 5.22. The minimum absolute atomic E-state index is 0.585. The van der Waals surface area contributed by atoms with E-state index in [1.807, 2.05) is 30.0 Å². The van der Waals surface area contributed by atoms with Crippen molar-refractivity contribution in [2.75, 3.05) is 7.11 Å². The Balaban J connectivity index is 2.80. The van der Waals surface area contributed by atoms with Crippen molar-refractivity contribution in [2.24, 2.45) is 5.92 Å². The average Bonchev–Trinajstić information content (AvgIpc) is 2.52. The molecule has 1 rings (SSSR count). The lowest BCUT2D eigenvalue weighted by Crippen LogP contribution is -1.99. The molecular weight excluding hydrogens is 276 g/mol. The van der Waals surface area contributed by atoms with E-state index in [4.69, 9.17) is 4.74 Å². The SMILES string of the molecule is C=C/C(C)=C(/Sc1ccc(OC)cc1)C(C)CCCCC. The first-order valence-electron chi connectivity index (χ1n) is 7.77. The maximum atomic E-state index is 5.22. The molecule has 0 spiro atoms. The zero-order valence-corrected chi connectivity index (χ0v) is 14.6. The van der Waals surface area contributed by atoms with Gasteiger partial charge in [0.1, 0.15) is 5.75 Å². The summed E-state index contributed by atoms with van der Waals surface area (Å²) in [6.45, 7) is 10.7. The molecule has 1 aromatic carbocycles. The summed E-state index contributed by atoms with van der Waals surface area (Å²) in [4.78, 5) is 2.70. The highest BCUT2D eigenvalue weighted by Gasteiger charge is 2.12. The smallest absolute Gasteiger partial charge is 0.118 e. The second kappa shape index (κ2) is 9.73. The summed E-state index contributed by atoms with van der Waals surface area (Å²) in [6, 6.07) is 8.28. The highest BCUT2D eigenvalue weighted by atomic mass is 32.2. The van der Waals surface area contributed by atoms with Crippen molar-refractivity contribution >= 4 is 11.8 Å². The molecule has 0 heterocycles. The van der Waals surface area contributed by atoms with Gasteiger partial charge in [-0.3, -0.25) is 0 Å². The first-order valence-corrected chi connectivity index (χ1v) is 8.59. The zero-order valence-electron chi connectivity index (χ0n) is 13.8. The number of hydrogen-bond acceptors (Lipinski definition) is 2. The van der Waals surface area contributed by atoms with Gasteiger partial charge in [-0.15, -0.1) is 0 Å². The van der Waals surface area contributed by atoms with E-state index in [1.54, 1.807) is 7.11 Å². The molecule has 0 aliphatic heterocycles. The molecule has 0 bridgehead atoms. The number of unbranched alkanes of at least 4 members (excludes halogenated alkanes) is 2. The summed E-state index contributed by atoms with van der Waals surface area (Å²) in [6.07, 6.45) is 7.12. The molecule has 0 N–H and O–H groups in total. The minimum Gasteiger partial charge on any atom is -0.497 e. The molecule has 1 unspecified atom stereocenters. The molecule has 21 heavy (non-hydrogen) atoms. The summed E-state index contributed by atoms with van der Waals surface area (Å²) in [5.74, 6) is 1.49. The second-order valence-electron chi connectivity index (χ2n) is 5.43. The molecule has 0 fully saturated rings. The molecule has 1 atom stereocenters. The van der Waals surface area contributed by atoms with Gasteiger partial charge in [0.05, 0.1) is 7.11 Å². The lowest BCUT2D eigenvalue weighted by molar-refractivity contribution is 0.414. The Bertz CT molecular complexity index is 459. The van der Waals surface area contributed by atoms with Gasteiger partial charge in [-0.2, -0.15) is 0 Å². The van der Waals surface area contributed by atoms with Crippen LogP contribution in [0.5, 0.6) is 5.75 Å².